The molecular formula is C10H10N2O2. The molecule has 1 heterocycles. The SMILES string of the molecule is NC1=C/C=C2C=C(/C=C\1)C(O)NC\2=O. The summed E-state index contributed by atoms with van der Waals surface area (Å²) < 4.78 is 0. The van der Waals surface area contributed by atoms with Gasteiger partial charge in [0.15, 0.2) is 6.23 Å². The van der Waals surface area contributed by atoms with Crippen LogP contribution in [-0.4, -0.2) is 17.2 Å². The summed E-state index contributed by atoms with van der Waals surface area (Å²) in [5, 5.41) is 11.9. The van der Waals surface area contributed by atoms with Gasteiger partial charge in [0.1, 0.15) is 0 Å². The maximum absolute atomic E-state index is 11.3. The van der Waals surface area contributed by atoms with Crippen molar-refractivity contribution in [3.05, 3.63) is 47.2 Å². The van der Waals surface area contributed by atoms with Gasteiger partial charge in [-0.05, 0) is 24.3 Å². The molecule has 0 spiro atoms. The minimum atomic E-state index is -0.943. The van der Waals surface area contributed by atoms with Gasteiger partial charge in [0, 0.05) is 16.8 Å². The lowest BCUT2D eigenvalue weighted by molar-refractivity contribution is -0.119. The van der Waals surface area contributed by atoms with Crippen molar-refractivity contribution in [1.82, 2.24) is 5.32 Å². The molecule has 0 radical (unpaired) electrons. The van der Waals surface area contributed by atoms with Crippen LogP contribution in [0.1, 0.15) is 0 Å². The number of aliphatic hydroxyl groups excluding tert-OH is 1. The molecule has 0 saturated carbocycles. The number of hydrogen-bond donors (Lipinski definition) is 3. The molecule has 1 aliphatic carbocycles. The lowest BCUT2D eigenvalue weighted by atomic mass is 10.0. The van der Waals surface area contributed by atoms with E-state index in [1.807, 2.05) is 0 Å². The summed E-state index contributed by atoms with van der Waals surface area (Å²) in [6.45, 7) is 0. The molecule has 4 nitrogen and oxygen atoms in total. The average Bonchev–Trinajstić information content (AvgIpc) is 2.11. The Bertz CT molecular complexity index is 402. The first-order chi connectivity index (χ1) is 6.66. The minimum absolute atomic E-state index is 0.291. The molecule has 0 aromatic rings. The van der Waals surface area contributed by atoms with Crippen molar-refractivity contribution in [3.63, 3.8) is 0 Å². The molecular weight excluding hydrogens is 180 g/mol. The van der Waals surface area contributed by atoms with Crippen LogP contribution < -0.4 is 11.1 Å². The summed E-state index contributed by atoms with van der Waals surface area (Å²) in [6.07, 6.45) is 7.34. The predicted octanol–water partition coefficient (Wildman–Crippen LogP) is -0.300. The molecule has 72 valence electrons. The molecule has 0 aromatic heterocycles. The van der Waals surface area contributed by atoms with Crippen LogP contribution in [0.5, 0.6) is 0 Å². The molecule has 1 unspecified atom stereocenters. The van der Waals surface area contributed by atoms with Gasteiger partial charge in [-0.1, -0.05) is 6.08 Å². The highest BCUT2D eigenvalue weighted by molar-refractivity contribution is 5.98. The standard InChI is InChI=1S/C10H10N2O2/c11-8-3-1-6-5-7(2-4-8)10(14)12-9(6)13/h1-5,9,13H,11H2,(H,12,14)/b3-1-,4-2?,6-1?,7-2+,8-3?,8-4+. The molecule has 0 aromatic carbocycles. The van der Waals surface area contributed by atoms with E-state index >= 15 is 0 Å². The number of allylic oxidation sites excluding steroid dienone is 3. The number of nitrogens with two attached hydrogens (primary N) is 1. The highest BCUT2D eigenvalue weighted by atomic mass is 16.3. The number of aliphatic hydroxyl groups is 1. The van der Waals surface area contributed by atoms with Gasteiger partial charge in [-0.3, -0.25) is 4.79 Å². The second-order valence-corrected chi connectivity index (χ2v) is 3.14. The first kappa shape index (κ1) is 8.77. The second-order valence-electron chi connectivity index (χ2n) is 3.14. The molecule has 4 N–H and O–H groups in total. The fourth-order valence-corrected chi connectivity index (χ4v) is 1.31. The van der Waals surface area contributed by atoms with E-state index in [2.05, 4.69) is 5.32 Å². The maximum Gasteiger partial charge on any atom is 0.253 e. The van der Waals surface area contributed by atoms with Gasteiger partial charge in [0.2, 0.25) is 0 Å². The summed E-state index contributed by atoms with van der Waals surface area (Å²) in [5.41, 5.74) is 7.27. The number of carbonyl (C=O) groups excluding carboxylic acids is 1. The zero-order chi connectivity index (χ0) is 10.1. The Hall–Kier alpha value is -1.81. The summed E-state index contributed by atoms with van der Waals surface area (Å²) in [6, 6.07) is 0. The number of rotatable bonds is 0. The molecule has 1 atom stereocenters. The molecule has 14 heavy (non-hydrogen) atoms. The van der Waals surface area contributed by atoms with Crippen LogP contribution in [0.25, 0.3) is 0 Å². The van der Waals surface area contributed by atoms with Crippen LogP contribution in [-0.2, 0) is 4.79 Å². The fraction of sp³-hybridized carbons (Fsp3) is 0.100. The van der Waals surface area contributed by atoms with Crippen molar-refractivity contribution in [2.24, 2.45) is 5.73 Å². The number of fused-ring (bicyclic) bond motifs is 1. The average molecular weight is 190 g/mol. The van der Waals surface area contributed by atoms with Crippen molar-refractivity contribution < 1.29 is 9.90 Å². The Labute approximate surface area is 81.1 Å². The normalized spacial score (nSPS) is 35.1. The zero-order valence-corrected chi connectivity index (χ0v) is 7.40. The fourth-order valence-electron chi connectivity index (χ4n) is 1.31. The van der Waals surface area contributed by atoms with E-state index in [9.17, 15) is 9.90 Å². The summed E-state index contributed by atoms with van der Waals surface area (Å²) >= 11 is 0. The molecule has 2 bridgehead atoms. The number of nitrogens with one attached hydrogen (secondary N) is 1. The quantitative estimate of drug-likeness (QED) is 0.491. The van der Waals surface area contributed by atoms with Gasteiger partial charge in [-0.15, -0.1) is 0 Å². The van der Waals surface area contributed by atoms with E-state index in [-0.39, 0.29) is 5.91 Å². The highest BCUT2D eigenvalue weighted by Gasteiger charge is 2.21. The molecule has 1 aliphatic heterocycles. The van der Waals surface area contributed by atoms with Crippen molar-refractivity contribution in [3.8, 4) is 0 Å². The molecule has 0 saturated heterocycles. The topological polar surface area (TPSA) is 75.3 Å². The van der Waals surface area contributed by atoms with Crippen LogP contribution >= 0.6 is 0 Å². The smallest absolute Gasteiger partial charge is 0.253 e. The van der Waals surface area contributed by atoms with E-state index in [1.165, 1.54) is 0 Å². The first-order valence-corrected chi connectivity index (χ1v) is 4.23. The number of hydrogen-bond acceptors (Lipinski definition) is 3. The van der Waals surface area contributed by atoms with E-state index in [0.29, 0.717) is 16.8 Å². The number of amides is 1. The summed E-state index contributed by atoms with van der Waals surface area (Å²) in [7, 11) is 0. The maximum atomic E-state index is 11.3. The largest absolute Gasteiger partial charge is 0.399 e. The van der Waals surface area contributed by atoms with E-state index in [1.54, 1.807) is 30.4 Å². The van der Waals surface area contributed by atoms with Gasteiger partial charge in [-0.2, -0.15) is 0 Å². The minimum Gasteiger partial charge on any atom is -0.399 e. The lowest BCUT2D eigenvalue weighted by Gasteiger charge is -2.20. The Kier molecular flexibility index (Phi) is 1.98. The molecule has 1 amide bonds. The third-order valence-electron chi connectivity index (χ3n) is 2.09. The number of carbonyl (C=O) groups is 1. The zero-order valence-electron chi connectivity index (χ0n) is 7.40. The predicted molar refractivity (Wildman–Crippen MR) is 51.7 cm³/mol. The van der Waals surface area contributed by atoms with Crippen LogP contribution in [0.3, 0.4) is 0 Å². The van der Waals surface area contributed by atoms with E-state index < -0.39 is 6.23 Å². The summed E-state index contributed by atoms with van der Waals surface area (Å²) in [4.78, 5) is 11.3. The Balaban J connectivity index is 2.48. The highest BCUT2D eigenvalue weighted by Crippen LogP contribution is 2.16. The van der Waals surface area contributed by atoms with Gasteiger partial charge in [-0.25, -0.2) is 0 Å². The van der Waals surface area contributed by atoms with Crippen molar-refractivity contribution >= 4 is 5.91 Å². The van der Waals surface area contributed by atoms with Crippen molar-refractivity contribution in [1.29, 1.82) is 0 Å². The van der Waals surface area contributed by atoms with Crippen molar-refractivity contribution in [2.45, 2.75) is 6.23 Å². The lowest BCUT2D eigenvalue weighted by Crippen LogP contribution is -2.39. The van der Waals surface area contributed by atoms with Crippen LogP contribution in [0.15, 0.2) is 47.2 Å². The van der Waals surface area contributed by atoms with Crippen molar-refractivity contribution in [2.75, 3.05) is 0 Å². The van der Waals surface area contributed by atoms with Gasteiger partial charge in [0.25, 0.3) is 5.91 Å². The molecule has 2 rings (SSSR count). The molecule has 4 heteroatoms. The Morgan fingerprint density at radius 3 is 2.93 bits per heavy atom. The van der Waals surface area contributed by atoms with Gasteiger partial charge >= 0.3 is 0 Å². The van der Waals surface area contributed by atoms with Crippen LogP contribution in [0.2, 0.25) is 0 Å². The Morgan fingerprint density at radius 2 is 2.14 bits per heavy atom. The third kappa shape index (κ3) is 1.47. The van der Waals surface area contributed by atoms with Crippen LogP contribution in [0, 0.1) is 0 Å². The van der Waals surface area contributed by atoms with Crippen LogP contribution in [0.4, 0.5) is 0 Å². The third-order valence-corrected chi connectivity index (χ3v) is 2.09. The van der Waals surface area contributed by atoms with E-state index in [4.69, 9.17) is 5.73 Å². The summed E-state index contributed by atoms with van der Waals surface area (Å²) in [5.74, 6) is -0.291. The first-order valence-electron chi connectivity index (χ1n) is 4.23. The monoisotopic (exact) mass is 190 g/mol. The molecule has 0 fully saturated rings. The van der Waals surface area contributed by atoms with Gasteiger partial charge in [0.05, 0.1) is 0 Å². The van der Waals surface area contributed by atoms with E-state index in [0.717, 1.165) is 0 Å². The Morgan fingerprint density at radius 1 is 1.36 bits per heavy atom. The second kappa shape index (κ2) is 3.16. The van der Waals surface area contributed by atoms with Gasteiger partial charge < -0.3 is 16.2 Å². The molecule has 2 aliphatic rings.